The minimum atomic E-state index is -0.783. The first kappa shape index (κ1) is 53.4. The van der Waals surface area contributed by atoms with Gasteiger partial charge in [-0.15, -0.1) is 11.1 Å². The fourth-order valence-electron chi connectivity index (χ4n) is 10.1. The molecule has 4 heteroatoms. The molecule has 0 radical (unpaired) electrons. The first-order valence-electron chi connectivity index (χ1n) is 24.5. The molecule has 0 N–H and O–H groups in total. The molecule has 74 heavy (non-hydrogen) atoms. The van der Waals surface area contributed by atoms with Crippen molar-refractivity contribution < 1.29 is 44.8 Å². The van der Waals surface area contributed by atoms with Crippen LogP contribution >= 0.6 is 15.8 Å². The fourth-order valence-corrected chi connectivity index (χ4v) is 16.3. The molecule has 0 heterocycles. The summed E-state index contributed by atoms with van der Waals surface area (Å²) < 4.78 is 0. The summed E-state index contributed by atoms with van der Waals surface area (Å²) in [6.45, 7) is 0. The van der Waals surface area contributed by atoms with Gasteiger partial charge in [-0.1, -0.05) is 252 Å². The van der Waals surface area contributed by atoms with Gasteiger partial charge in [-0.2, -0.15) is 0 Å². The molecule has 12 rings (SSSR count). The Kier molecular flexibility index (Phi) is 19.0. The molecule has 12 aromatic carbocycles. The van der Waals surface area contributed by atoms with E-state index in [1.54, 1.807) is 0 Å². The van der Waals surface area contributed by atoms with E-state index in [2.05, 4.69) is 254 Å². The maximum Gasteiger partial charge on any atom is 1.00 e. The van der Waals surface area contributed by atoms with Crippen LogP contribution in [0.4, 0.5) is 0 Å². The molecule has 0 aromatic heterocycles. The Labute approximate surface area is 470 Å². The van der Waals surface area contributed by atoms with E-state index in [1.807, 2.05) is 36.4 Å². The van der Waals surface area contributed by atoms with E-state index in [4.69, 9.17) is 12.8 Å². The number of benzene rings is 12. The third kappa shape index (κ3) is 11.9. The third-order valence-electron chi connectivity index (χ3n) is 13.4. The number of hydrogen-bond acceptors (Lipinski definition) is 0. The van der Waals surface area contributed by atoms with Crippen LogP contribution in [0.25, 0.3) is 65.3 Å². The Morgan fingerprint density at radius 1 is 0.243 bits per heavy atom. The summed E-state index contributed by atoms with van der Waals surface area (Å²) in [4.78, 5) is 0. The van der Waals surface area contributed by atoms with Gasteiger partial charge < -0.3 is 12.8 Å². The summed E-state index contributed by atoms with van der Waals surface area (Å²) in [5, 5.41) is 15.0. The van der Waals surface area contributed by atoms with Crippen molar-refractivity contribution in [3.63, 3.8) is 0 Å². The monoisotopic (exact) mass is 1350 g/mol. The molecule has 0 unspecified atom stereocenters. The van der Waals surface area contributed by atoms with Crippen LogP contribution in [0, 0.1) is 24.7 Å². The van der Waals surface area contributed by atoms with Gasteiger partial charge in [-0.25, -0.2) is 0 Å². The summed E-state index contributed by atoms with van der Waals surface area (Å²) in [5.74, 6) is 5.28. The maximum atomic E-state index is 7.73. The van der Waals surface area contributed by atoms with Crippen molar-refractivity contribution in [3.8, 4) is 34.1 Å². The Balaban J connectivity index is 0.000000147. The topological polar surface area (TPSA) is 0 Å². The molecule has 0 saturated carbocycles. The second-order valence-electron chi connectivity index (χ2n) is 17.6. The average molecular weight is 1350 g/mol. The summed E-state index contributed by atoms with van der Waals surface area (Å²) in [6.07, 6.45) is 18.0. The van der Waals surface area contributed by atoms with Crippen molar-refractivity contribution in [1.29, 1.82) is 0 Å². The fraction of sp³-hybridized carbons (Fsp3) is 0.0286. The smallest absolute Gasteiger partial charge is 0.366 e. The van der Waals surface area contributed by atoms with Gasteiger partial charge in [0.05, 0.1) is 37.1 Å². The van der Waals surface area contributed by atoms with E-state index in [1.165, 1.54) is 77.3 Å². The van der Waals surface area contributed by atoms with E-state index in [9.17, 15) is 0 Å². The Bertz CT molecular complexity index is 3370. The first-order valence-corrected chi connectivity index (χ1v) is 27.9. The van der Waals surface area contributed by atoms with Crippen molar-refractivity contribution in [3.05, 3.63) is 303 Å². The Hall–Kier alpha value is -6.86. The van der Waals surface area contributed by atoms with E-state index in [-0.39, 0.29) is 44.8 Å². The van der Waals surface area contributed by atoms with Gasteiger partial charge in [-0.05, 0) is 92.3 Å². The van der Waals surface area contributed by atoms with Gasteiger partial charge in [0.15, 0.2) is 0 Å². The molecule has 0 aliphatic carbocycles. The Morgan fingerprint density at radius 2 is 0.432 bits per heavy atom. The van der Waals surface area contributed by atoms with Crippen molar-refractivity contribution in [2.45, 2.75) is 0 Å². The molecule has 0 bridgehead atoms. The SMILES string of the molecule is [Au+].[Au+].[C-]#Cc1c2ccccc2c(-c2ccccc2)c2ccccc12.[C-]#Cc1c2ccccc2c(-c2ccccc2)c2ccccc12.c1ccc([PH+](CC[PH+](c2ccccc2)c2ccccc2)c2ccccc2)cc1. The second-order valence-corrected chi connectivity index (χ2v) is 22.8. The zero-order valence-corrected chi connectivity index (χ0v) is 46.9. The maximum absolute atomic E-state index is 7.73. The zero-order valence-electron chi connectivity index (χ0n) is 40.6. The van der Waals surface area contributed by atoms with Gasteiger partial charge in [0.25, 0.3) is 0 Å². The molecule has 0 amide bonds. The molecule has 0 spiro atoms. The van der Waals surface area contributed by atoms with Crippen molar-refractivity contribution in [2.75, 3.05) is 12.3 Å². The molecule has 0 nitrogen and oxygen atoms in total. The quantitative estimate of drug-likeness (QED) is 0.0444. The van der Waals surface area contributed by atoms with Crippen LogP contribution in [-0.2, 0) is 44.8 Å². The van der Waals surface area contributed by atoms with Crippen molar-refractivity contribution >= 4 is 80.2 Å². The first-order chi connectivity index (χ1) is 35.7. The van der Waals surface area contributed by atoms with E-state index < -0.39 is 15.8 Å². The predicted molar refractivity (Wildman–Crippen MR) is 317 cm³/mol. The van der Waals surface area contributed by atoms with Crippen LogP contribution in [-0.4, -0.2) is 12.3 Å². The van der Waals surface area contributed by atoms with E-state index in [0.717, 1.165) is 32.7 Å². The van der Waals surface area contributed by atoms with E-state index in [0.29, 0.717) is 0 Å². The van der Waals surface area contributed by atoms with Crippen LogP contribution in [0.2, 0.25) is 0 Å². The molecular weight excluding hydrogens is 1300 g/mol. The minimum absolute atomic E-state index is 0. The zero-order chi connectivity index (χ0) is 48.9. The molecule has 0 aliphatic heterocycles. The van der Waals surface area contributed by atoms with Gasteiger partial charge >= 0.3 is 44.8 Å². The summed E-state index contributed by atoms with van der Waals surface area (Å²) in [6, 6.07) is 98.5. The third-order valence-corrected chi connectivity index (χ3v) is 19.5. The summed E-state index contributed by atoms with van der Waals surface area (Å²) >= 11 is 0. The van der Waals surface area contributed by atoms with Gasteiger partial charge in [0.2, 0.25) is 0 Å². The van der Waals surface area contributed by atoms with Crippen LogP contribution in [0.15, 0.2) is 279 Å². The summed E-state index contributed by atoms with van der Waals surface area (Å²) in [7, 11) is -1.57. The second kappa shape index (κ2) is 26.4. The molecule has 0 fully saturated rings. The largest absolute Gasteiger partial charge is 1.00 e. The molecule has 0 atom stereocenters. The normalized spacial score (nSPS) is 10.5. The van der Waals surface area contributed by atoms with Crippen LogP contribution in [0.5, 0.6) is 0 Å². The van der Waals surface area contributed by atoms with Gasteiger partial charge in [0.1, 0.15) is 12.3 Å². The molecular formula is C70H52Au2P2+2. The minimum Gasteiger partial charge on any atom is -0.366 e. The van der Waals surface area contributed by atoms with Gasteiger partial charge in [0, 0.05) is 0 Å². The molecule has 0 aliphatic rings. The predicted octanol–water partition coefficient (Wildman–Crippen LogP) is 15.9. The molecule has 0 saturated heterocycles. The number of hydrogen-bond donors (Lipinski definition) is 0. The molecule has 12 aromatic rings. The number of rotatable bonds is 9. The van der Waals surface area contributed by atoms with Crippen LogP contribution < -0.4 is 21.2 Å². The van der Waals surface area contributed by atoms with Gasteiger partial charge in [-0.3, -0.25) is 11.8 Å². The standard InChI is InChI=1S/C26H24P2.2C22H13.2Au/c1-5-13-23(14-6-1)27(24-15-7-2-8-16-24)21-22-28(25-17-9-3-10-18-25)26-19-11-4-12-20-26;2*1-2-17-18-12-6-8-14-20(18)22(16-10-4-3-5-11-16)21-15-9-7-13-19(17)21;;/h1-20H,21-22H2;2*3-15H;;/q;2*-1;2*+1/p+2. The molecule has 362 valence electrons. The number of fused-ring (bicyclic) bond motifs is 4. The Morgan fingerprint density at radius 3 is 0.649 bits per heavy atom. The van der Waals surface area contributed by atoms with Crippen LogP contribution in [0.3, 0.4) is 0 Å². The average Bonchev–Trinajstić information content (AvgIpc) is 3.47. The van der Waals surface area contributed by atoms with Crippen molar-refractivity contribution in [1.82, 2.24) is 0 Å². The van der Waals surface area contributed by atoms with Crippen molar-refractivity contribution in [2.24, 2.45) is 0 Å². The van der Waals surface area contributed by atoms with Crippen LogP contribution in [0.1, 0.15) is 11.1 Å². The van der Waals surface area contributed by atoms with E-state index >= 15 is 0 Å². The summed E-state index contributed by atoms with van der Waals surface area (Å²) in [5.41, 5.74) is 6.59.